The second-order valence-corrected chi connectivity index (χ2v) is 3.54. The number of halogens is 3. The van der Waals surface area contributed by atoms with E-state index in [1.807, 2.05) is 0 Å². The molecule has 1 rings (SSSR count). The first-order valence-corrected chi connectivity index (χ1v) is 5.42. The number of benzene rings is 1. The second-order valence-electron chi connectivity index (χ2n) is 3.54. The van der Waals surface area contributed by atoms with Crippen LogP contribution in [-0.4, -0.2) is 23.9 Å². The van der Waals surface area contributed by atoms with Crippen LogP contribution in [0.25, 0.3) is 0 Å². The Morgan fingerprint density at radius 3 is 2.55 bits per heavy atom. The molecule has 0 unspecified atom stereocenters. The SMILES string of the molecule is CCOC(=O)Cc1c(OC(F)(F)F)cccc1[N+](=O)[O-]. The van der Waals surface area contributed by atoms with Crippen LogP contribution in [-0.2, 0) is 16.0 Å². The van der Waals surface area contributed by atoms with Crippen molar-refractivity contribution in [2.75, 3.05) is 6.61 Å². The second kappa shape index (κ2) is 6.22. The van der Waals surface area contributed by atoms with Crippen molar-refractivity contribution in [1.82, 2.24) is 0 Å². The fraction of sp³-hybridized carbons (Fsp3) is 0.364. The molecule has 0 spiro atoms. The van der Waals surface area contributed by atoms with Crippen molar-refractivity contribution in [3.05, 3.63) is 33.9 Å². The van der Waals surface area contributed by atoms with Crippen LogP contribution in [0.4, 0.5) is 18.9 Å². The molecular formula is C11H10F3NO5. The Kier molecular flexibility index (Phi) is 4.89. The Labute approximate surface area is 111 Å². The zero-order valence-corrected chi connectivity index (χ0v) is 10.3. The first-order chi connectivity index (χ1) is 9.24. The number of hydrogen-bond acceptors (Lipinski definition) is 5. The molecule has 0 radical (unpaired) electrons. The van der Waals surface area contributed by atoms with Crippen LogP contribution in [0, 0.1) is 10.1 Å². The quantitative estimate of drug-likeness (QED) is 0.473. The lowest BCUT2D eigenvalue weighted by Crippen LogP contribution is -2.19. The lowest BCUT2D eigenvalue weighted by atomic mass is 10.1. The monoisotopic (exact) mass is 293 g/mol. The molecule has 0 saturated carbocycles. The highest BCUT2D eigenvalue weighted by atomic mass is 19.4. The van der Waals surface area contributed by atoms with E-state index >= 15 is 0 Å². The van der Waals surface area contributed by atoms with E-state index in [-0.39, 0.29) is 6.61 Å². The zero-order valence-electron chi connectivity index (χ0n) is 10.3. The first kappa shape index (κ1) is 15.7. The molecule has 0 amide bonds. The molecule has 20 heavy (non-hydrogen) atoms. The van der Waals surface area contributed by atoms with Gasteiger partial charge in [0.1, 0.15) is 5.75 Å². The van der Waals surface area contributed by atoms with Crippen LogP contribution in [0.3, 0.4) is 0 Å². The summed E-state index contributed by atoms with van der Waals surface area (Å²) in [6, 6.07) is 2.92. The van der Waals surface area contributed by atoms with E-state index in [1.54, 1.807) is 0 Å². The maximum atomic E-state index is 12.2. The summed E-state index contributed by atoms with van der Waals surface area (Å²) in [6.07, 6.45) is -5.70. The van der Waals surface area contributed by atoms with Crippen molar-refractivity contribution in [3.8, 4) is 5.75 Å². The summed E-state index contributed by atoms with van der Waals surface area (Å²) in [7, 11) is 0. The first-order valence-electron chi connectivity index (χ1n) is 5.42. The molecule has 0 saturated heterocycles. The van der Waals surface area contributed by atoms with Crippen LogP contribution < -0.4 is 4.74 Å². The van der Waals surface area contributed by atoms with Gasteiger partial charge in [-0.1, -0.05) is 6.07 Å². The highest BCUT2D eigenvalue weighted by molar-refractivity contribution is 5.75. The number of ether oxygens (including phenoxy) is 2. The summed E-state index contributed by atoms with van der Waals surface area (Å²) >= 11 is 0. The number of hydrogen-bond donors (Lipinski definition) is 0. The van der Waals surface area contributed by atoms with Crippen molar-refractivity contribution in [1.29, 1.82) is 0 Å². The van der Waals surface area contributed by atoms with Gasteiger partial charge in [-0.05, 0) is 13.0 Å². The van der Waals surface area contributed by atoms with Gasteiger partial charge >= 0.3 is 12.3 Å². The third kappa shape index (κ3) is 4.41. The largest absolute Gasteiger partial charge is 0.573 e. The zero-order chi connectivity index (χ0) is 15.3. The average Bonchev–Trinajstić information content (AvgIpc) is 2.29. The summed E-state index contributed by atoms with van der Waals surface area (Å²) in [5, 5.41) is 10.8. The number of nitro groups is 1. The van der Waals surface area contributed by atoms with Crippen LogP contribution in [0.15, 0.2) is 18.2 Å². The summed E-state index contributed by atoms with van der Waals surface area (Å²) in [5.41, 5.74) is -1.12. The van der Waals surface area contributed by atoms with E-state index in [0.717, 1.165) is 18.2 Å². The number of nitro benzene ring substituents is 1. The number of nitrogens with zero attached hydrogens (tertiary/aromatic N) is 1. The molecule has 0 atom stereocenters. The molecular weight excluding hydrogens is 283 g/mol. The molecule has 6 nitrogen and oxygen atoms in total. The predicted molar refractivity (Wildman–Crippen MR) is 60.1 cm³/mol. The van der Waals surface area contributed by atoms with Gasteiger partial charge < -0.3 is 9.47 Å². The lowest BCUT2D eigenvalue weighted by Gasteiger charge is -2.13. The Balaban J connectivity index is 3.19. The highest BCUT2D eigenvalue weighted by Crippen LogP contribution is 2.32. The standard InChI is InChI=1S/C11H10F3NO5/c1-2-19-10(16)6-7-8(15(17)18)4-3-5-9(7)20-11(12,13)14/h3-5H,2,6H2,1H3. The Morgan fingerprint density at radius 1 is 1.40 bits per heavy atom. The maximum Gasteiger partial charge on any atom is 0.573 e. The Morgan fingerprint density at radius 2 is 2.05 bits per heavy atom. The van der Waals surface area contributed by atoms with E-state index in [9.17, 15) is 28.1 Å². The van der Waals surface area contributed by atoms with Gasteiger partial charge in [-0.3, -0.25) is 14.9 Å². The van der Waals surface area contributed by atoms with Crippen molar-refractivity contribution in [2.45, 2.75) is 19.7 Å². The lowest BCUT2D eigenvalue weighted by molar-refractivity contribution is -0.385. The fourth-order valence-corrected chi connectivity index (χ4v) is 1.48. The van der Waals surface area contributed by atoms with Crippen molar-refractivity contribution >= 4 is 11.7 Å². The third-order valence-corrected chi connectivity index (χ3v) is 2.16. The molecule has 110 valence electrons. The molecule has 0 aliphatic rings. The average molecular weight is 293 g/mol. The fourth-order valence-electron chi connectivity index (χ4n) is 1.48. The van der Waals surface area contributed by atoms with Gasteiger partial charge in [-0.15, -0.1) is 13.2 Å². The number of carbonyl (C=O) groups excluding carboxylic acids is 1. The summed E-state index contributed by atoms with van der Waals surface area (Å²) in [6.45, 7) is 1.51. The smallest absolute Gasteiger partial charge is 0.466 e. The topological polar surface area (TPSA) is 78.7 Å². The number of esters is 1. The normalized spacial score (nSPS) is 11.0. The van der Waals surface area contributed by atoms with Crippen molar-refractivity contribution in [3.63, 3.8) is 0 Å². The molecule has 0 aromatic heterocycles. The van der Waals surface area contributed by atoms with E-state index in [0.29, 0.717) is 0 Å². The number of carbonyl (C=O) groups is 1. The summed E-state index contributed by atoms with van der Waals surface area (Å²) < 4.78 is 45.0. The number of rotatable bonds is 5. The van der Waals surface area contributed by atoms with Gasteiger partial charge in [-0.2, -0.15) is 0 Å². The van der Waals surface area contributed by atoms with Gasteiger partial charge in [0.05, 0.1) is 23.5 Å². The molecule has 0 heterocycles. The molecule has 0 fully saturated rings. The third-order valence-electron chi connectivity index (χ3n) is 2.16. The van der Waals surface area contributed by atoms with Gasteiger partial charge in [0, 0.05) is 6.07 Å². The molecule has 1 aromatic carbocycles. The van der Waals surface area contributed by atoms with Crippen molar-refractivity contribution in [2.24, 2.45) is 0 Å². The summed E-state index contributed by atoms with van der Waals surface area (Å²) in [4.78, 5) is 21.2. The van der Waals surface area contributed by atoms with E-state index in [4.69, 9.17) is 0 Å². The Hall–Kier alpha value is -2.32. The van der Waals surface area contributed by atoms with E-state index < -0.39 is 40.7 Å². The molecule has 9 heteroatoms. The van der Waals surface area contributed by atoms with Crippen LogP contribution in [0.5, 0.6) is 5.75 Å². The summed E-state index contributed by atoms with van der Waals surface area (Å²) in [5.74, 6) is -1.67. The Bertz CT molecular complexity index is 515. The van der Waals surface area contributed by atoms with Crippen LogP contribution in [0.1, 0.15) is 12.5 Å². The van der Waals surface area contributed by atoms with E-state index in [2.05, 4.69) is 9.47 Å². The molecule has 0 aliphatic heterocycles. The molecule has 0 aliphatic carbocycles. The van der Waals surface area contributed by atoms with Gasteiger partial charge in [0.25, 0.3) is 5.69 Å². The predicted octanol–water partition coefficient (Wildman–Crippen LogP) is 2.60. The maximum absolute atomic E-state index is 12.2. The van der Waals surface area contributed by atoms with Gasteiger partial charge in [-0.25, -0.2) is 0 Å². The molecule has 0 bridgehead atoms. The van der Waals surface area contributed by atoms with Gasteiger partial charge in [0.15, 0.2) is 0 Å². The van der Waals surface area contributed by atoms with Gasteiger partial charge in [0.2, 0.25) is 0 Å². The van der Waals surface area contributed by atoms with Crippen molar-refractivity contribution < 1.29 is 32.4 Å². The van der Waals surface area contributed by atoms with Crippen LogP contribution in [0.2, 0.25) is 0 Å². The molecule has 0 N–H and O–H groups in total. The number of alkyl halides is 3. The van der Waals surface area contributed by atoms with E-state index in [1.165, 1.54) is 6.92 Å². The highest BCUT2D eigenvalue weighted by Gasteiger charge is 2.34. The van der Waals surface area contributed by atoms with Crippen LogP contribution >= 0.6 is 0 Å². The molecule has 1 aromatic rings. The minimum absolute atomic E-state index is 0.00885. The minimum atomic E-state index is -5.02. The minimum Gasteiger partial charge on any atom is -0.466 e.